The molecule has 24 heavy (non-hydrogen) atoms. The van der Waals surface area contributed by atoms with Crippen LogP contribution in [0.2, 0.25) is 0 Å². The lowest BCUT2D eigenvalue weighted by Crippen LogP contribution is -2.53. The van der Waals surface area contributed by atoms with E-state index in [0.717, 1.165) is 0 Å². The Kier molecular flexibility index (Phi) is 4.17. The molecule has 128 valence electrons. The van der Waals surface area contributed by atoms with E-state index < -0.39 is 17.5 Å². The number of piperidine rings is 1. The molecule has 0 radical (unpaired) electrons. The molecule has 1 saturated heterocycles. The largest absolute Gasteiger partial charge is 0.501 e. The summed E-state index contributed by atoms with van der Waals surface area (Å²) in [5, 5.41) is 9.11. The molecule has 0 aromatic heterocycles. The molecule has 0 bridgehead atoms. The fourth-order valence-corrected chi connectivity index (χ4v) is 3.14. The Morgan fingerprint density at radius 2 is 2.17 bits per heavy atom. The van der Waals surface area contributed by atoms with E-state index in [-0.39, 0.29) is 30.2 Å². The Morgan fingerprint density at radius 1 is 1.46 bits per heavy atom. The molecular weight excluding hydrogens is 317 g/mol. The van der Waals surface area contributed by atoms with Gasteiger partial charge in [-0.05, 0) is 19.1 Å². The molecule has 0 unspecified atom stereocenters. The molecule has 1 spiro atoms. The zero-order valence-electron chi connectivity index (χ0n) is 13.3. The van der Waals surface area contributed by atoms with Crippen LogP contribution < -0.4 is 4.74 Å². The Labute approximate surface area is 138 Å². The first-order valence-electron chi connectivity index (χ1n) is 7.80. The monoisotopic (exact) mass is 335 g/mol. The highest BCUT2D eigenvalue weighted by atomic mass is 19.1. The van der Waals surface area contributed by atoms with Crippen LogP contribution in [-0.4, -0.2) is 47.2 Å². The maximum Gasteiger partial charge on any atom is 0.407 e. The van der Waals surface area contributed by atoms with E-state index in [4.69, 9.17) is 14.6 Å². The average molecular weight is 335 g/mol. The number of benzene rings is 1. The summed E-state index contributed by atoms with van der Waals surface area (Å²) in [6.07, 6.45) is 0.999. The van der Waals surface area contributed by atoms with Crippen molar-refractivity contribution in [3.05, 3.63) is 41.4 Å². The Bertz CT molecular complexity index is 707. The number of amides is 1. The van der Waals surface area contributed by atoms with Gasteiger partial charge in [0.1, 0.15) is 17.2 Å². The second-order valence-corrected chi connectivity index (χ2v) is 5.82. The van der Waals surface area contributed by atoms with Crippen molar-refractivity contribution in [3.63, 3.8) is 0 Å². The van der Waals surface area contributed by atoms with Crippen molar-refractivity contribution >= 4 is 11.9 Å². The van der Waals surface area contributed by atoms with Crippen molar-refractivity contribution < 1.29 is 28.6 Å². The molecule has 1 aromatic rings. The van der Waals surface area contributed by atoms with Crippen molar-refractivity contribution in [3.8, 4) is 5.75 Å². The van der Waals surface area contributed by atoms with Gasteiger partial charge >= 0.3 is 6.09 Å². The van der Waals surface area contributed by atoms with Crippen LogP contribution in [0.15, 0.2) is 30.0 Å². The van der Waals surface area contributed by atoms with Crippen LogP contribution in [0, 0.1) is 5.82 Å². The van der Waals surface area contributed by atoms with E-state index in [2.05, 4.69) is 0 Å². The zero-order chi connectivity index (χ0) is 17.3. The third kappa shape index (κ3) is 2.70. The Hall–Kier alpha value is -2.57. The highest BCUT2D eigenvalue weighted by Gasteiger charge is 2.48. The van der Waals surface area contributed by atoms with Crippen LogP contribution in [0.1, 0.15) is 30.1 Å². The standard InChI is InChI=1S/C17H18FNO5/c1-2-23-10-13-15(20)12-4-3-11(18)9-14(12)24-17(13)5-7-19(8-6-17)16(21)22/h3-4,9-10H,2,5-8H2,1H3,(H,21,22)/b13-10+. The number of hydrogen-bond acceptors (Lipinski definition) is 4. The van der Waals surface area contributed by atoms with Crippen LogP contribution in [0.3, 0.4) is 0 Å². The molecule has 0 atom stereocenters. The van der Waals surface area contributed by atoms with Gasteiger partial charge in [-0.25, -0.2) is 9.18 Å². The quantitative estimate of drug-likeness (QED) is 0.664. The number of carbonyl (C=O) groups excluding carboxylic acids is 1. The highest BCUT2D eigenvalue weighted by Crippen LogP contribution is 2.43. The fourth-order valence-electron chi connectivity index (χ4n) is 3.14. The van der Waals surface area contributed by atoms with Gasteiger partial charge in [-0.2, -0.15) is 0 Å². The molecule has 0 saturated carbocycles. The van der Waals surface area contributed by atoms with Crippen LogP contribution in [0.5, 0.6) is 5.75 Å². The lowest BCUT2D eigenvalue weighted by molar-refractivity contribution is 0.0224. The van der Waals surface area contributed by atoms with Gasteiger partial charge in [0.15, 0.2) is 5.78 Å². The van der Waals surface area contributed by atoms with Crippen LogP contribution in [0.4, 0.5) is 9.18 Å². The van der Waals surface area contributed by atoms with Gasteiger partial charge in [0.2, 0.25) is 0 Å². The Balaban J connectivity index is 2.00. The number of hydrogen-bond donors (Lipinski definition) is 1. The predicted octanol–water partition coefficient (Wildman–Crippen LogP) is 2.83. The van der Waals surface area contributed by atoms with Crippen LogP contribution >= 0.6 is 0 Å². The van der Waals surface area contributed by atoms with Crippen molar-refractivity contribution in [2.24, 2.45) is 0 Å². The molecule has 1 N–H and O–H groups in total. The number of carboxylic acid groups (broad SMARTS) is 1. The number of rotatable bonds is 2. The van der Waals surface area contributed by atoms with Gasteiger partial charge in [-0.1, -0.05) is 0 Å². The molecule has 2 heterocycles. The first kappa shape index (κ1) is 16.3. The number of fused-ring (bicyclic) bond motifs is 1. The minimum Gasteiger partial charge on any atom is -0.501 e. The maximum absolute atomic E-state index is 13.5. The fraction of sp³-hybridized carbons (Fsp3) is 0.412. The lowest BCUT2D eigenvalue weighted by Gasteiger charge is -2.44. The van der Waals surface area contributed by atoms with Crippen molar-refractivity contribution in [2.75, 3.05) is 19.7 Å². The van der Waals surface area contributed by atoms with Crippen molar-refractivity contribution in [2.45, 2.75) is 25.4 Å². The van der Waals surface area contributed by atoms with E-state index >= 15 is 0 Å². The average Bonchev–Trinajstić information content (AvgIpc) is 2.55. The number of carbonyl (C=O) groups is 2. The molecule has 3 rings (SSSR count). The zero-order valence-corrected chi connectivity index (χ0v) is 13.3. The van der Waals surface area contributed by atoms with Gasteiger partial charge in [-0.15, -0.1) is 0 Å². The smallest absolute Gasteiger partial charge is 0.407 e. The minimum atomic E-state index is -1.01. The molecule has 2 aliphatic rings. The summed E-state index contributed by atoms with van der Waals surface area (Å²) >= 11 is 0. The van der Waals surface area contributed by atoms with Gasteiger partial charge in [-0.3, -0.25) is 4.79 Å². The van der Waals surface area contributed by atoms with E-state index in [9.17, 15) is 14.0 Å². The lowest BCUT2D eigenvalue weighted by atomic mass is 9.78. The topological polar surface area (TPSA) is 76.1 Å². The van der Waals surface area contributed by atoms with E-state index in [1.165, 1.54) is 29.4 Å². The number of ketones is 1. The number of likely N-dealkylation sites (tertiary alicyclic amines) is 1. The molecule has 1 fully saturated rings. The third-order valence-electron chi connectivity index (χ3n) is 4.44. The van der Waals surface area contributed by atoms with Gasteiger partial charge in [0.05, 0.1) is 24.0 Å². The number of Topliss-reactive ketones (excluding diaryl/α,β-unsaturated/α-hetero) is 1. The van der Waals surface area contributed by atoms with Crippen molar-refractivity contribution in [1.82, 2.24) is 4.90 Å². The molecule has 2 aliphatic heterocycles. The van der Waals surface area contributed by atoms with Gasteiger partial charge < -0.3 is 19.5 Å². The Morgan fingerprint density at radius 3 is 2.79 bits per heavy atom. The van der Waals surface area contributed by atoms with E-state index in [0.29, 0.717) is 25.0 Å². The molecular formula is C17H18FNO5. The third-order valence-corrected chi connectivity index (χ3v) is 4.44. The van der Waals surface area contributed by atoms with Crippen molar-refractivity contribution in [1.29, 1.82) is 0 Å². The maximum atomic E-state index is 13.5. The minimum absolute atomic E-state index is 0.192. The summed E-state index contributed by atoms with van der Waals surface area (Å²) in [7, 11) is 0. The van der Waals surface area contributed by atoms with Crippen LogP contribution in [-0.2, 0) is 4.74 Å². The molecule has 0 aliphatic carbocycles. The SMILES string of the molecule is CCO/C=C1\C(=O)c2ccc(F)cc2OC12CCN(C(=O)O)CC2. The molecule has 7 heteroatoms. The summed E-state index contributed by atoms with van der Waals surface area (Å²) in [6, 6.07) is 3.80. The summed E-state index contributed by atoms with van der Waals surface area (Å²) in [6.45, 7) is 2.66. The summed E-state index contributed by atoms with van der Waals surface area (Å²) in [5.74, 6) is -0.567. The van der Waals surface area contributed by atoms with E-state index in [1.54, 1.807) is 6.92 Å². The first-order valence-corrected chi connectivity index (χ1v) is 7.80. The number of halogens is 1. The van der Waals surface area contributed by atoms with Gasteiger partial charge in [0, 0.05) is 32.0 Å². The first-order chi connectivity index (χ1) is 11.5. The number of ether oxygens (including phenoxy) is 2. The summed E-state index contributed by atoms with van der Waals surface area (Å²) in [5.41, 5.74) is -0.346. The number of nitrogens with zero attached hydrogens (tertiary/aromatic N) is 1. The van der Waals surface area contributed by atoms with Crippen LogP contribution in [0.25, 0.3) is 0 Å². The van der Waals surface area contributed by atoms with E-state index in [1.807, 2.05) is 0 Å². The predicted molar refractivity (Wildman–Crippen MR) is 82.6 cm³/mol. The second-order valence-electron chi connectivity index (χ2n) is 5.82. The summed E-state index contributed by atoms with van der Waals surface area (Å²) < 4.78 is 24.9. The molecule has 1 aromatic carbocycles. The molecule has 1 amide bonds. The second kappa shape index (κ2) is 6.14. The normalized spacial score (nSPS) is 20.7. The summed E-state index contributed by atoms with van der Waals surface area (Å²) in [4.78, 5) is 25.2. The highest BCUT2D eigenvalue weighted by molar-refractivity contribution is 6.12. The van der Waals surface area contributed by atoms with Gasteiger partial charge in [0.25, 0.3) is 0 Å². The molecule has 6 nitrogen and oxygen atoms in total.